The molecule has 2 aromatic rings. The molecule has 252 valence electrons. The van der Waals surface area contributed by atoms with E-state index in [4.69, 9.17) is 21.4 Å². The zero-order chi connectivity index (χ0) is 34.2. The fourth-order valence-corrected chi connectivity index (χ4v) is 6.56. The molecule has 2 atom stereocenters. The quantitative estimate of drug-likeness (QED) is 0.292. The minimum absolute atomic E-state index is 0.0681. The van der Waals surface area contributed by atoms with Crippen LogP contribution in [0.1, 0.15) is 36.9 Å². The lowest BCUT2D eigenvalue weighted by Gasteiger charge is -2.40. The number of halogens is 4. The van der Waals surface area contributed by atoms with Crippen LogP contribution in [0.15, 0.2) is 42.5 Å². The molecule has 0 saturated carbocycles. The van der Waals surface area contributed by atoms with Gasteiger partial charge in [-0.3, -0.25) is 24.1 Å². The Morgan fingerprint density at radius 3 is 2.55 bits per heavy atom. The number of likely N-dealkylation sites (N-methyl/N-ethyl adjacent to an activating group) is 1. The van der Waals surface area contributed by atoms with Crippen LogP contribution >= 0.6 is 11.6 Å². The second-order valence-electron chi connectivity index (χ2n) is 12.0. The molecule has 47 heavy (non-hydrogen) atoms. The molecule has 0 aliphatic carbocycles. The van der Waals surface area contributed by atoms with Crippen LogP contribution in [0.5, 0.6) is 0 Å². The molecule has 1 aromatic heterocycles. The summed E-state index contributed by atoms with van der Waals surface area (Å²) in [4.78, 5) is 60.8. The number of pyridine rings is 1. The molecule has 3 aliphatic rings. The lowest BCUT2D eigenvalue weighted by Crippen LogP contribution is -2.55. The van der Waals surface area contributed by atoms with Crippen molar-refractivity contribution >= 4 is 52.5 Å². The Balaban J connectivity index is 1.29. The molecule has 4 heterocycles. The van der Waals surface area contributed by atoms with E-state index in [-0.39, 0.29) is 54.9 Å². The molecule has 0 radical (unpaired) electrons. The molecule has 1 N–H and O–H groups in total. The van der Waals surface area contributed by atoms with E-state index in [1.165, 1.54) is 11.8 Å². The smallest absolute Gasteiger partial charge is 0.416 e. The Labute approximate surface area is 274 Å². The first-order valence-corrected chi connectivity index (χ1v) is 15.5. The number of carboxylic acid groups (broad SMARTS) is 1. The van der Waals surface area contributed by atoms with E-state index in [1.807, 2.05) is 4.90 Å². The van der Waals surface area contributed by atoms with Crippen molar-refractivity contribution in [2.24, 2.45) is 5.92 Å². The van der Waals surface area contributed by atoms with Crippen molar-refractivity contribution in [2.45, 2.75) is 50.9 Å². The van der Waals surface area contributed by atoms with Crippen LogP contribution in [-0.4, -0.2) is 90.7 Å². The van der Waals surface area contributed by atoms with E-state index < -0.39 is 41.5 Å². The third-order valence-corrected chi connectivity index (χ3v) is 8.94. The molecular weight excluding hydrogens is 643 g/mol. The van der Waals surface area contributed by atoms with E-state index in [0.29, 0.717) is 49.1 Å². The predicted molar refractivity (Wildman–Crippen MR) is 167 cm³/mol. The predicted octanol–water partition coefficient (Wildman–Crippen LogP) is 4.31. The lowest BCUT2D eigenvalue weighted by atomic mass is 9.95. The third-order valence-electron chi connectivity index (χ3n) is 8.63. The standard InChI is InChI=1S/C32H35ClF3N5O6/c1-18(8-9-27(43)44)30(45)40-16-22(17-40)47-11-5-10-39-15-20-13-26(42)41(25-14-21(32(34,35)36)12-19(2)37-25)28(20)31(46)38(3)24-7-4-6-23(33)29(24)39/h4,6-7,12,14,20,22,28H,1,5,8-11,13,15-17H2,2-3H3,(H,43,44)/t20-,28+/m1/s1. The highest BCUT2D eigenvalue weighted by Crippen LogP contribution is 2.43. The number of nitrogens with zero attached hydrogens (tertiary/aromatic N) is 5. The Bertz CT molecular complexity index is 1600. The van der Waals surface area contributed by atoms with E-state index in [9.17, 15) is 32.3 Å². The number of carboxylic acids is 1. The van der Waals surface area contributed by atoms with Gasteiger partial charge < -0.3 is 24.5 Å². The van der Waals surface area contributed by atoms with Crippen molar-refractivity contribution in [1.29, 1.82) is 0 Å². The second kappa shape index (κ2) is 13.5. The number of alkyl halides is 3. The summed E-state index contributed by atoms with van der Waals surface area (Å²) >= 11 is 6.67. The number of fused-ring (bicyclic) bond motifs is 2. The number of aryl methyl sites for hydroxylation is 1. The Morgan fingerprint density at radius 2 is 1.87 bits per heavy atom. The largest absolute Gasteiger partial charge is 0.481 e. The molecule has 3 aliphatic heterocycles. The molecule has 0 unspecified atom stereocenters. The molecule has 1 aromatic carbocycles. The SMILES string of the molecule is C=C(CCC(=O)O)C(=O)N1CC(OCCCN2C[C@H]3CC(=O)N(c4cc(C(F)(F)F)cc(C)n4)[C@@H]3C(=O)N(C)c3cccc(Cl)c32)C1. The Morgan fingerprint density at radius 1 is 1.15 bits per heavy atom. The first-order valence-electron chi connectivity index (χ1n) is 15.1. The third kappa shape index (κ3) is 7.23. The maximum Gasteiger partial charge on any atom is 0.416 e. The van der Waals surface area contributed by atoms with E-state index >= 15 is 0 Å². The second-order valence-corrected chi connectivity index (χ2v) is 12.4. The first kappa shape index (κ1) is 34.2. The van der Waals surface area contributed by atoms with Crippen LogP contribution in [0.2, 0.25) is 5.02 Å². The van der Waals surface area contributed by atoms with Gasteiger partial charge in [-0.2, -0.15) is 13.2 Å². The van der Waals surface area contributed by atoms with Crippen molar-refractivity contribution in [3.05, 3.63) is 58.8 Å². The fourth-order valence-electron chi connectivity index (χ4n) is 6.27. The van der Waals surface area contributed by atoms with Crippen LogP contribution < -0.4 is 14.7 Å². The summed E-state index contributed by atoms with van der Waals surface area (Å²) in [5, 5.41) is 9.22. The van der Waals surface area contributed by atoms with Gasteiger partial charge >= 0.3 is 12.1 Å². The molecule has 15 heteroatoms. The average molecular weight is 678 g/mol. The summed E-state index contributed by atoms with van der Waals surface area (Å²) in [7, 11) is 1.55. The number of rotatable bonds is 10. The molecular formula is C32H35ClF3N5O6. The van der Waals surface area contributed by atoms with E-state index in [1.54, 1.807) is 30.1 Å². The highest BCUT2D eigenvalue weighted by atomic mass is 35.5. The fraction of sp³-hybridized carbons (Fsp3) is 0.469. The number of carbonyl (C=O) groups excluding carboxylic acids is 3. The molecule has 2 saturated heterocycles. The topological polar surface area (TPSA) is 124 Å². The van der Waals surface area contributed by atoms with Gasteiger partial charge in [-0.25, -0.2) is 4.98 Å². The molecule has 2 fully saturated rings. The van der Waals surface area contributed by atoms with Gasteiger partial charge in [0.05, 0.1) is 28.1 Å². The van der Waals surface area contributed by atoms with Crippen LogP contribution in [-0.2, 0) is 30.1 Å². The number of benzene rings is 1. The maximum absolute atomic E-state index is 14.0. The van der Waals surface area contributed by atoms with Crippen molar-refractivity contribution in [3.8, 4) is 0 Å². The number of hydrogen-bond donors (Lipinski definition) is 1. The number of hydrogen-bond acceptors (Lipinski definition) is 7. The normalized spacial score (nSPS) is 20.0. The minimum atomic E-state index is -4.66. The van der Waals surface area contributed by atoms with Gasteiger partial charge in [-0.05, 0) is 44.0 Å². The zero-order valence-corrected chi connectivity index (χ0v) is 26.7. The highest BCUT2D eigenvalue weighted by Gasteiger charge is 2.49. The summed E-state index contributed by atoms with van der Waals surface area (Å²) in [6.45, 7) is 6.81. The summed E-state index contributed by atoms with van der Waals surface area (Å²) < 4.78 is 47.0. The van der Waals surface area contributed by atoms with Gasteiger partial charge in [0.2, 0.25) is 17.7 Å². The number of aliphatic carboxylic acids is 1. The Kier molecular flexibility index (Phi) is 9.83. The van der Waals surface area contributed by atoms with Gasteiger partial charge in [0.15, 0.2) is 0 Å². The van der Waals surface area contributed by atoms with E-state index in [0.717, 1.165) is 17.0 Å². The number of amides is 3. The van der Waals surface area contributed by atoms with Gasteiger partial charge in [-0.15, -0.1) is 0 Å². The van der Waals surface area contributed by atoms with Crippen LogP contribution in [0, 0.1) is 12.8 Å². The average Bonchev–Trinajstić information content (AvgIpc) is 3.30. The van der Waals surface area contributed by atoms with Gasteiger partial charge in [-0.1, -0.05) is 24.2 Å². The van der Waals surface area contributed by atoms with Crippen molar-refractivity contribution in [2.75, 3.05) is 54.5 Å². The maximum atomic E-state index is 14.0. The summed E-state index contributed by atoms with van der Waals surface area (Å²) in [6.07, 6.45) is -4.48. The van der Waals surface area contributed by atoms with Gasteiger partial charge in [0.1, 0.15) is 11.9 Å². The van der Waals surface area contributed by atoms with Crippen molar-refractivity contribution in [1.82, 2.24) is 9.88 Å². The molecule has 5 rings (SSSR count). The lowest BCUT2D eigenvalue weighted by molar-refractivity contribution is -0.141. The molecule has 0 spiro atoms. The van der Waals surface area contributed by atoms with Gasteiger partial charge in [0.25, 0.3) is 0 Å². The zero-order valence-electron chi connectivity index (χ0n) is 25.9. The Hall–Kier alpha value is -4.17. The van der Waals surface area contributed by atoms with Crippen LogP contribution in [0.3, 0.4) is 0 Å². The van der Waals surface area contributed by atoms with Gasteiger partial charge in [0, 0.05) is 69.9 Å². The highest BCUT2D eigenvalue weighted by molar-refractivity contribution is 6.34. The van der Waals surface area contributed by atoms with Crippen molar-refractivity contribution < 1.29 is 42.2 Å². The number of carbonyl (C=O) groups is 4. The summed E-state index contributed by atoms with van der Waals surface area (Å²) in [5.74, 6) is -3.04. The number of aromatic nitrogens is 1. The molecule has 11 nitrogen and oxygen atoms in total. The van der Waals surface area contributed by atoms with Crippen molar-refractivity contribution in [3.63, 3.8) is 0 Å². The summed E-state index contributed by atoms with van der Waals surface area (Å²) in [5.41, 5.74) is 0.443. The summed E-state index contributed by atoms with van der Waals surface area (Å²) in [6, 6.07) is 5.74. The number of anilines is 3. The monoisotopic (exact) mass is 677 g/mol. The number of ether oxygens (including phenoxy) is 1. The first-order chi connectivity index (χ1) is 22.1. The van der Waals surface area contributed by atoms with Crippen LogP contribution in [0.25, 0.3) is 0 Å². The molecule has 0 bridgehead atoms. The molecule has 3 amide bonds. The number of likely N-dealkylation sites (tertiary alicyclic amines) is 1. The van der Waals surface area contributed by atoms with Crippen LogP contribution in [0.4, 0.5) is 30.4 Å². The van der Waals surface area contributed by atoms with E-state index in [2.05, 4.69) is 11.6 Å². The minimum Gasteiger partial charge on any atom is -0.481 e. The number of para-hydroxylation sites is 1.